The Hall–Kier alpha value is -3.90. The number of fused-ring (bicyclic) bond motifs is 1. The third-order valence-corrected chi connectivity index (χ3v) is 8.09. The first-order valence-corrected chi connectivity index (χ1v) is 15.8. The highest BCUT2D eigenvalue weighted by Crippen LogP contribution is 2.32. The molecule has 5 N–H and O–H groups in total. The third kappa shape index (κ3) is 12.8. The maximum Gasteiger partial charge on any atom is 0.490 e. The molecule has 0 bridgehead atoms. The van der Waals surface area contributed by atoms with Crippen molar-refractivity contribution in [2.24, 2.45) is 5.92 Å². The first kappa shape index (κ1) is 39.5. The van der Waals surface area contributed by atoms with Gasteiger partial charge < -0.3 is 30.3 Å². The van der Waals surface area contributed by atoms with Gasteiger partial charge >= 0.3 is 24.3 Å². The fourth-order valence-electron chi connectivity index (χ4n) is 5.16. The summed E-state index contributed by atoms with van der Waals surface area (Å²) in [6.45, 7) is 7.06. The Balaban J connectivity index is 0.000000392. The van der Waals surface area contributed by atoms with Gasteiger partial charge in [0.25, 0.3) is 5.56 Å². The number of H-pyrrole nitrogens is 1. The van der Waals surface area contributed by atoms with Crippen LogP contribution >= 0.6 is 11.6 Å². The van der Waals surface area contributed by atoms with E-state index in [0.717, 1.165) is 41.2 Å². The molecule has 12 nitrogen and oxygen atoms in total. The molecular formula is C30H38ClF6N7O5. The van der Waals surface area contributed by atoms with Crippen molar-refractivity contribution in [1.82, 2.24) is 30.0 Å². The lowest BCUT2D eigenvalue weighted by atomic mass is 9.99. The fourth-order valence-corrected chi connectivity index (χ4v) is 5.33. The maximum absolute atomic E-state index is 13.1. The van der Waals surface area contributed by atoms with E-state index in [1.807, 2.05) is 25.1 Å². The predicted octanol–water partition coefficient (Wildman–Crippen LogP) is 5.20. The number of aromatic nitrogens is 4. The summed E-state index contributed by atoms with van der Waals surface area (Å²) in [4.78, 5) is 38.0. The van der Waals surface area contributed by atoms with Crippen molar-refractivity contribution in [3.63, 3.8) is 0 Å². The number of aromatic amines is 1. The van der Waals surface area contributed by atoms with Crippen molar-refractivity contribution in [1.29, 1.82) is 0 Å². The van der Waals surface area contributed by atoms with Gasteiger partial charge in [0.15, 0.2) is 5.82 Å². The zero-order chi connectivity index (χ0) is 36.4. The van der Waals surface area contributed by atoms with Gasteiger partial charge in [-0.3, -0.25) is 9.89 Å². The van der Waals surface area contributed by atoms with Crippen molar-refractivity contribution in [3.05, 3.63) is 51.2 Å². The topological polar surface area (TPSA) is 165 Å². The molecule has 1 aliphatic heterocycles. The molecule has 1 saturated heterocycles. The minimum absolute atomic E-state index is 0.0518. The SMILES string of the molecule is Cc1cnc(NCCC2CCCCN2CC2CC2)c(=O)n1CCNCc1[nH]nc2ccc(Cl)cc12.O=C(O)C(F)(F)F.O=C(O)C(F)(F)F. The minimum atomic E-state index is -5.08. The van der Waals surface area contributed by atoms with Crippen LogP contribution in [-0.4, -0.2) is 91.4 Å². The van der Waals surface area contributed by atoms with E-state index in [2.05, 4.69) is 30.7 Å². The summed E-state index contributed by atoms with van der Waals surface area (Å²) in [7, 11) is 0. The molecule has 3 aromatic rings. The van der Waals surface area contributed by atoms with Gasteiger partial charge in [0.2, 0.25) is 0 Å². The van der Waals surface area contributed by atoms with E-state index in [1.54, 1.807) is 10.8 Å². The van der Waals surface area contributed by atoms with Gasteiger partial charge in [0.05, 0.1) is 11.2 Å². The molecule has 1 aromatic carbocycles. The number of aryl methyl sites for hydroxylation is 1. The number of nitrogens with zero attached hydrogens (tertiary/aromatic N) is 4. The summed E-state index contributed by atoms with van der Waals surface area (Å²) >= 11 is 6.13. The number of carboxylic acids is 2. The van der Waals surface area contributed by atoms with Crippen LogP contribution in [0.15, 0.2) is 29.2 Å². The zero-order valence-electron chi connectivity index (χ0n) is 26.5. The molecule has 1 unspecified atom stereocenters. The number of benzene rings is 1. The molecule has 19 heteroatoms. The van der Waals surface area contributed by atoms with Crippen LogP contribution in [0.1, 0.15) is 49.9 Å². The number of rotatable bonds is 11. The Morgan fingerprint density at radius 1 is 1.04 bits per heavy atom. The fraction of sp³-hybridized carbons (Fsp3) is 0.567. The number of piperidine rings is 1. The van der Waals surface area contributed by atoms with Gasteiger partial charge in [0, 0.05) is 61.1 Å². The molecule has 5 rings (SSSR count). The quantitative estimate of drug-likeness (QED) is 0.131. The van der Waals surface area contributed by atoms with Crippen molar-refractivity contribution in [2.45, 2.75) is 76.9 Å². The third-order valence-electron chi connectivity index (χ3n) is 7.86. The normalized spacial score (nSPS) is 16.7. The summed E-state index contributed by atoms with van der Waals surface area (Å²) in [6.07, 6.45) is -0.621. The van der Waals surface area contributed by atoms with E-state index in [9.17, 15) is 31.1 Å². The molecular weight excluding hydrogens is 688 g/mol. The summed E-state index contributed by atoms with van der Waals surface area (Å²) in [5.74, 6) is -4.14. The van der Waals surface area contributed by atoms with Crippen molar-refractivity contribution in [2.75, 3.05) is 31.5 Å². The molecule has 1 atom stereocenters. The lowest BCUT2D eigenvalue weighted by Crippen LogP contribution is -2.41. The van der Waals surface area contributed by atoms with E-state index in [4.69, 9.17) is 31.4 Å². The summed E-state index contributed by atoms with van der Waals surface area (Å²) in [5, 5.41) is 30.1. The number of halogens is 7. The molecule has 0 radical (unpaired) electrons. The second-order valence-corrected chi connectivity index (χ2v) is 12.1. The molecule has 0 spiro atoms. The van der Waals surface area contributed by atoms with E-state index >= 15 is 0 Å². The van der Waals surface area contributed by atoms with Crippen LogP contribution in [0, 0.1) is 12.8 Å². The van der Waals surface area contributed by atoms with E-state index in [1.165, 1.54) is 45.2 Å². The molecule has 2 aliphatic rings. The van der Waals surface area contributed by atoms with E-state index in [-0.39, 0.29) is 5.56 Å². The molecule has 0 amide bonds. The lowest BCUT2D eigenvalue weighted by Gasteiger charge is -2.36. The number of likely N-dealkylation sites (tertiary alicyclic amines) is 1. The highest BCUT2D eigenvalue weighted by molar-refractivity contribution is 6.31. The Morgan fingerprint density at radius 3 is 2.31 bits per heavy atom. The first-order chi connectivity index (χ1) is 23.0. The molecule has 1 saturated carbocycles. The Labute approximate surface area is 281 Å². The number of anilines is 1. The number of carboxylic acid groups (broad SMARTS) is 2. The monoisotopic (exact) mass is 725 g/mol. The Kier molecular flexibility index (Phi) is 14.3. The second-order valence-electron chi connectivity index (χ2n) is 11.7. The number of nitrogens with one attached hydrogen (secondary N) is 3. The number of carbonyl (C=O) groups is 2. The predicted molar refractivity (Wildman–Crippen MR) is 168 cm³/mol. The minimum Gasteiger partial charge on any atom is -0.475 e. The smallest absolute Gasteiger partial charge is 0.475 e. The largest absolute Gasteiger partial charge is 0.490 e. The van der Waals surface area contributed by atoms with Gasteiger partial charge in [0.1, 0.15) is 0 Å². The van der Waals surface area contributed by atoms with Crippen molar-refractivity contribution >= 4 is 40.3 Å². The average Bonchev–Trinajstić information content (AvgIpc) is 3.76. The lowest BCUT2D eigenvalue weighted by molar-refractivity contribution is -0.193. The molecule has 2 fully saturated rings. The van der Waals surface area contributed by atoms with Gasteiger partial charge in [-0.15, -0.1) is 0 Å². The number of hydrogen-bond acceptors (Lipinski definition) is 8. The van der Waals surface area contributed by atoms with Crippen LogP contribution in [0.2, 0.25) is 5.02 Å². The summed E-state index contributed by atoms with van der Waals surface area (Å²) in [5.41, 5.74) is 2.70. The van der Waals surface area contributed by atoms with E-state index in [0.29, 0.717) is 36.5 Å². The summed E-state index contributed by atoms with van der Waals surface area (Å²) in [6, 6.07) is 6.30. The van der Waals surface area contributed by atoms with Gasteiger partial charge in [-0.2, -0.15) is 31.4 Å². The van der Waals surface area contributed by atoms with Crippen LogP contribution in [-0.2, 0) is 22.7 Å². The number of hydrogen-bond donors (Lipinski definition) is 5. The molecule has 49 heavy (non-hydrogen) atoms. The first-order valence-electron chi connectivity index (χ1n) is 15.4. The standard InChI is InChI=1S/C26H36ClN7O.2C2HF3O2/c1-18-15-30-25(29-10-9-21-4-2-3-12-33(21)17-19-5-6-19)26(35)34(18)13-11-28-16-24-22-14-20(27)7-8-23(22)31-32-24;2*3-2(4,5)1(6)7/h7-8,14-15,19,21,28H,2-6,9-13,16-17H2,1H3,(H,29,30)(H,31,32);2*(H,6,7). The van der Waals surface area contributed by atoms with Crippen molar-refractivity contribution < 1.29 is 46.1 Å². The van der Waals surface area contributed by atoms with Crippen LogP contribution in [0.25, 0.3) is 10.9 Å². The van der Waals surface area contributed by atoms with Crippen LogP contribution in [0.3, 0.4) is 0 Å². The van der Waals surface area contributed by atoms with Crippen LogP contribution in [0.5, 0.6) is 0 Å². The Morgan fingerprint density at radius 2 is 1.69 bits per heavy atom. The maximum atomic E-state index is 13.1. The zero-order valence-corrected chi connectivity index (χ0v) is 27.3. The van der Waals surface area contributed by atoms with Gasteiger partial charge in [-0.05, 0) is 69.7 Å². The summed E-state index contributed by atoms with van der Waals surface area (Å²) < 4.78 is 65.3. The van der Waals surface area contributed by atoms with Crippen molar-refractivity contribution in [3.8, 4) is 0 Å². The van der Waals surface area contributed by atoms with Crippen LogP contribution in [0.4, 0.5) is 32.2 Å². The highest BCUT2D eigenvalue weighted by atomic mass is 35.5. The molecule has 272 valence electrons. The second kappa shape index (κ2) is 17.7. The van der Waals surface area contributed by atoms with Crippen LogP contribution < -0.4 is 16.2 Å². The molecule has 2 aromatic heterocycles. The average molecular weight is 726 g/mol. The van der Waals surface area contributed by atoms with E-state index < -0.39 is 24.3 Å². The van der Waals surface area contributed by atoms with Gasteiger partial charge in [-0.25, -0.2) is 14.6 Å². The molecule has 3 heterocycles. The molecule has 1 aliphatic carbocycles. The number of aliphatic carboxylic acids is 2. The Bertz CT molecular complexity index is 1590. The highest BCUT2D eigenvalue weighted by Gasteiger charge is 2.39. The van der Waals surface area contributed by atoms with Gasteiger partial charge in [-0.1, -0.05) is 18.0 Å². The number of alkyl halides is 6.